The van der Waals surface area contributed by atoms with Gasteiger partial charge in [-0.1, -0.05) is 33.6 Å². The molecule has 1 aliphatic carbocycles. The SMILES string of the molecule is CCOC(=O)C(CC)C1(O)CCCCC1(C)C. The van der Waals surface area contributed by atoms with Gasteiger partial charge in [0, 0.05) is 0 Å². The fourth-order valence-corrected chi connectivity index (χ4v) is 3.10. The Labute approximate surface area is 105 Å². The largest absolute Gasteiger partial charge is 0.466 e. The quantitative estimate of drug-likeness (QED) is 0.771. The zero-order chi connectivity index (χ0) is 13.1. The average molecular weight is 242 g/mol. The number of hydrogen-bond donors (Lipinski definition) is 1. The Kier molecular flexibility index (Phi) is 4.59. The summed E-state index contributed by atoms with van der Waals surface area (Å²) in [5, 5.41) is 11.0. The summed E-state index contributed by atoms with van der Waals surface area (Å²) < 4.78 is 5.11. The molecule has 0 spiro atoms. The lowest BCUT2D eigenvalue weighted by Gasteiger charge is -2.49. The highest BCUT2D eigenvalue weighted by Gasteiger charge is 2.52. The van der Waals surface area contributed by atoms with Crippen molar-refractivity contribution in [1.82, 2.24) is 0 Å². The Bertz CT molecular complexity index is 273. The maximum atomic E-state index is 12.0. The third-order valence-corrected chi connectivity index (χ3v) is 4.34. The molecule has 0 heterocycles. The summed E-state index contributed by atoms with van der Waals surface area (Å²) in [6.07, 6.45) is 4.44. The molecule has 0 saturated heterocycles. The lowest BCUT2D eigenvalue weighted by atomic mass is 9.59. The van der Waals surface area contributed by atoms with Gasteiger partial charge in [0.1, 0.15) is 0 Å². The highest BCUT2D eigenvalue weighted by molar-refractivity contribution is 5.74. The van der Waals surface area contributed by atoms with Crippen LogP contribution in [0.1, 0.15) is 59.8 Å². The summed E-state index contributed by atoms with van der Waals surface area (Å²) >= 11 is 0. The molecule has 1 aliphatic rings. The van der Waals surface area contributed by atoms with Gasteiger partial charge in [-0.05, 0) is 31.6 Å². The number of esters is 1. The summed E-state index contributed by atoms with van der Waals surface area (Å²) in [6, 6.07) is 0. The van der Waals surface area contributed by atoms with Gasteiger partial charge in [0.25, 0.3) is 0 Å². The molecule has 0 radical (unpaired) electrons. The Morgan fingerprint density at radius 1 is 1.29 bits per heavy atom. The van der Waals surface area contributed by atoms with Crippen LogP contribution in [0.25, 0.3) is 0 Å². The predicted molar refractivity (Wildman–Crippen MR) is 67.6 cm³/mol. The van der Waals surface area contributed by atoms with Crippen molar-refractivity contribution in [2.75, 3.05) is 6.61 Å². The summed E-state index contributed by atoms with van der Waals surface area (Å²) in [5.41, 5.74) is -1.12. The molecule has 0 amide bonds. The molecule has 1 N–H and O–H groups in total. The van der Waals surface area contributed by atoms with Crippen molar-refractivity contribution in [2.24, 2.45) is 11.3 Å². The molecule has 3 nitrogen and oxygen atoms in total. The van der Waals surface area contributed by atoms with Gasteiger partial charge in [-0.15, -0.1) is 0 Å². The number of aliphatic hydroxyl groups is 1. The molecular weight excluding hydrogens is 216 g/mol. The number of carbonyl (C=O) groups is 1. The summed E-state index contributed by atoms with van der Waals surface area (Å²) in [7, 11) is 0. The molecule has 2 atom stereocenters. The average Bonchev–Trinajstić information content (AvgIpc) is 2.24. The molecule has 3 heteroatoms. The van der Waals surface area contributed by atoms with Crippen molar-refractivity contribution in [1.29, 1.82) is 0 Å². The summed E-state index contributed by atoms with van der Waals surface area (Å²) in [6.45, 7) is 8.26. The fourth-order valence-electron chi connectivity index (χ4n) is 3.10. The van der Waals surface area contributed by atoms with Crippen molar-refractivity contribution >= 4 is 5.97 Å². The van der Waals surface area contributed by atoms with Crippen LogP contribution in [0, 0.1) is 11.3 Å². The summed E-state index contributed by atoms with van der Waals surface area (Å²) in [5.74, 6) is -0.634. The van der Waals surface area contributed by atoms with Gasteiger partial charge >= 0.3 is 5.97 Å². The number of hydrogen-bond acceptors (Lipinski definition) is 3. The van der Waals surface area contributed by atoms with E-state index in [1.165, 1.54) is 0 Å². The Morgan fingerprint density at radius 3 is 2.35 bits per heavy atom. The van der Waals surface area contributed by atoms with Crippen molar-refractivity contribution < 1.29 is 14.6 Å². The molecule has 0 aromatic rings. The minimum Gasteiger partial charge on any atom is -0.466 e. The normalized spacial score (nSPS) is 29.7. The first-order valence-corrected chi connectivity index (χ1v) is 6.78. The molecule has 1 rings (SSSR count). The van der Waals surface area contributed by atoms with E-state index in [1.54, 1.807) is 6.92 Å². The van der Waals surface area contributed by atoms with Crippen LogP contribution in [0.5, 0.6) is 0 Å². The first-order valence-electron chi connectivity index (χ1n) is 6.78. The zero-order valence-corrected chi connectivity index (χ0v) is 11.6. The molecule has 100 valence electrons. The predicted octanol–water partition coefficient (Wildman–Crippen LogP) is 2.91. The van der Waals surface area contributed by atoms with Gasteiger partial charge in [0.15, 0.2) is 0 Å². The van der Waals surface area contributed by atoms with E-state index in [0.717, 1.165) is 19.3 Å². The van der Waals surface area contributed by atoms with E-state index in [4.69, 9.17) is 4.74 Å². The van der Waals surface area contributed by atoms with E-state index < -0.39 is 11.5 Å². The first kappa shape index (κ1) is 14.5. The van der Waals surface area contributed by atoms with Gasteiger partial charge in [0.2, 0.25) is 0 Å². The van der Waals surface area contributed by atoms with Gasteiger partial charge in [-0.25, -0.2) is 0 Å². The third kappa shape index (κ3) is 2.65. The highest BCUT2D eigenvalue weighted by Crippen LogP contribution is 2.49. The second kappa shape index (κ2) is 5.38. The lowest BCUT2D eigenvalue weighted by molar-refractivity contribution is -0.179. The van der Waals surface area contributed by atoms with E-state index in [1.807, 2.05) is 6.92 Å². The topological polar surface area (TPSA) is 46.5 Å². The van der Waals surface area contributed by atoms with Crippen molar-refractivity contribution in [2.45, 2.75) is 65.4 Å². The number of rotatable bonds is 4. The smallest absolute Gasteiger partial charge is 0.311 e. The van der Waals surface area contributed by atoms with Crippen LogP contribution in [0.3, 0.4) is 0 Å². The van der Waals surface area contributed by atoms with Crippen LogP contribution in [-0.4, -0.2) is 23.3 Å². The molecule has 1 fully saturated rings. The Hall–Kier alpha value is -0.570. The number of carbonyl (C=O) groups excluding carboxylic acids is 1. The fraction of sp³-hybridized carbons (Fsp3) is 0.929. The van der Waals surface area contributed by atoms with Crippen molar-refractivity contribution in [3.05, 3.63) is 0 Å². The van der Waals surface area contributed by atoms with Gasteiger partial charge < -0.3 is 9.84 Å². The van der Waals surface area contributed by atoms with Crippen LogP contribution >= 0.6 is 0 Å². The minimum absolute atomic E-state index is 0.210. The van der Waals surface area contributed by atoms with Crippen LogP contribution in [0.2, 0.25) is 0 Å². The maximum Gasteiger partial charge on any atom is 0.311 e. The second-order valence-corrected chi connectivity index (χ2v) is 5.73. The first-order chi connectivity index (χ1) is 7.89. The van der Waals surface area contributed by atoms with Crippen molar-refractivity contribution in [3.8, 4) is 0 Å². The van der Waals surface area contributed by atoms with Gasteiger partial charge in [0.05, 0.1) is 18.1 Å². The molecule has 2 unspecified atom stereocenters. The van der Waals surface area contributed by atoms with E-state index in [9.17, 15) is 9.90 Å². The standard InChI is InChI=1S/C14H26O3/c1-5-11(12(15)17-6-2)14(16)10-8-7-9-13(14,3)4/h11,16H,5-10H2,1-4H3. The van der Waals surface area contributed by atoms with E-state index in [2.05, 4.69) is 13.8 Å². The highest BCUT2D eigenvalue weighted by atomic mass is 16.5. The second-order valence-electron chi connectivity index (χ2n) is 5.73. The monoisotopic (exact) mass is 242 g/mol. The third-order valence-electron chi connectivity index (χ3n) is 4.34. The van der Waals surface area contributed by atoms with Crippen LogP contribution < -0.4 is 0 Å². The molecule has 0 aromatic carbocycles. The van der Waals surface area contributed by atoms with E-state index in [0.29, 0.717) is 19.4 Å². The van der Waals surface area contributed by atoms with Crippen LogP contribution in [0.4, 0.5) is 0 Å². The van der Waals surface area contributed by atoms with Gasteiger partial charge in [-0.2, -0.15) is 0 Å². The van der Waals surface area contributed by atoms with Crippen molar-refractivity contribution in [3.63, 3.8) is 0 Å². The molecule has 0 aromatic heterocycles. The Morgan fingerprint density at radius 2 is 1.88 bits per heavy atom. The van der Waals surface area contributed by atoms with Gasteiger partial charge in [-0.3, -0.25) is 4.79 Å². The molecule has 0 bridgehead atoms. The van der Waals surface area contributed by atoms with E-state index in [-0.39, 0.29) is 11.4 Å². The molecule has 17 heavy (non-hydrogen) atoms. The molecular formula is C14H26O3. The summed E-state index contributed by atoms with van der Waals surface area (Å²) in [4.78, 5) is 12.0. The maximum absolute atomic E-state index is 12.0. The van der Waals surface area contributed by atoms with E-state index >= 15 is 0 Å². The van der Waals surface area contributed by atoms with Crippen LogP contribution in [-0.2, 0) is 9.53 Å². The minimum atomic E-state index is -0.910. The molecule has 0 aliphatic heterocycles. The molecule has 1 saturated carbocycles. The number of ether oxygens (including phenoxy) is 1. The lowest BCUT2D eigenvalue weighted by Crippen LogP contribution is -2.55. The zero-order valence-electron chi connectivity index (χ0n) is 11.6. The van der Waals surface area contributed by atoms with Crippen LogP contribution in [0.15, 0.2) is 0 Å². The Balaban J connectivity index is 2.94.